The van der Waals surface area contributed by atoms with E-state index in [1.165, 1.54) is 38.4 Å². The zero-order valence-corrected chi connectivity index (χ0v) is 13.9. The number of methoxy groups -OCH3 is 1. The Bertz CT molecular complexity index is 847. The Kier molecular flexibility index (Phi) is 4.60. The Morgan fingerprint density at radius 3 is 2.39 bits per heavy atom. The smallest absolute Gasteiger partial charge is 0.264 e. The van der Waals surface area contributed by atoms with E-state index in [1.807, 2.05) is 0 Å². The number of nitrogens with two attached hydrogens (primary N) is 1. The first-order valence-electron chi connectivity index (χ1n) is 6.81. The number of primary amides is 1. The van der Waals surface area contributed by atoms with Gasteiger partial charge in [0.05, 0.1) is 23.3 Å². The van der Waals surface area contributed by atoms with Crippen LogP contribution >= 0.6 is 0 Å². The zero-order valence-electron chi connectivity index (χ0n) is 13.1. The fourth-order valence-electron chi connectivity index (χ4n) is 2.26. The van der Waals surface area contributed by atoms with Crippen LogP contribution in [0.2, 0.25) is 0 Å². The van der Waals surface area contributed by atoms with E-state index in [-0.39, 0.29) is 16.1 Å². The van der Waals surface area contributed by atoms with Gasteiger partial charge in [-0.25, -0.2) is 8.42 Å². The lowest BCUT2D eigenvalue weighted by Crippen LogP contribution is -2.29. The molecule has 6 nitrogen and oxygen atoms in total. The van der Waals surface area contributed by atoms with Crippen molar-refractivity contribution in [3.63, 3.8) is 0 Å². The SMILES string of the molecule is COc1ccc(S(=O)(=O)N(C)c2ccccc2C(N)=O)cc1C. The maximum absolute atomic E-state index is 12.8. The van der Waals surface area contributed by atoms with Crippen LogP contribution in [0.25, 0.3) is 0 Å². The normalized spacial score (nSPS) is 11.1. The Balaban J connectivity index is 2.52. The summed E-state index contributed by atoms with van der Waals surface area (Å²) in [7, 11) is -0.920. The molecule has 7 heteroatoms. The number of para-hydroxylation sites is 1. The van der Waals surface area contributed by atoms with Crippen LogP contribution in [0.15, 0.2) is 47.4 Å². The van der Waals surface area contributed by atoms with Gasteiger partial charge >= 0.3 is 0 Å². The lowest BCUT2D eigenvalue weighted by Gasteiger charge is -2.22. The van der Waals surface area contributed by atoms with Gasteiger partial charge in [0.15, 0.2) is 0 Å². The average Bonchev–Trinajstić information content (AvgIpc) is 2.53. The highest BCUT2D eigenvalue weighted by molar-refractivity contribution is 7.92. The Morgan fingerprint density at radius 1 is 1.17 bits per heavy atom. The molecule has 0 aromatic heterocycles. The fourth-order valence-corrected chi connectivity index (χ4v) is 3.56. The van der Waals surface area contributed by atoms with Crippen LogP contribution < -0.4 is 14.8 Å². The van der Waals surface area contributed by atoms with Crippen LogP contribution in [-0.2, 0) is 10.0 Å². The molecule has 0 unspecified atom stereocenters. The van der Waals surface area contributed by atoms with Crippen molar-refractivity contribution in [2.45, 2.75) is 11.8 Å². The predicted molar refractivity (Wildman–Crippen MR) is 88.3 cm³/mol. The van der Waals surface area contributed by atoms with E-state index in [4.69, 9.17) is 10.5 Å². The number of aryl methyl sites for hydroxylation is 1. The van der Waals surface area contributed by atoms with Gasteiger partial charge in [-0.05, 0) is 42.8 Å². The summed E-state index contributed by atoms with van der Waals surface area (Å²) in [6.07, 6.45) is 0. The minimum Gasteiger partial charge on any atom is -0.496 e. The third kappa shape index (κ3) is 3.14. The summed E-state index contributed by atoms with van der Waals surface area (Å²) in [5, 5.41) is 0. The second-order valence-electron chi connectivity index (χ2n) is 4.99. The lowest BCUT2D eigenvalue weighted by molar-refractivity contribution is 0.100. The van der Waals surface area contributed by atoms with E-state index in [1.54, 1.807) is 25.1 Å². The number of carbonyl (C=O) groups excluding carboxylic acids is 1. The van der Waals surface area contributed by atoms with Gasteiger partial charge in [-0.2, -0.15) is 0 Å². The summed E-state index contributed by atoms with van der Waals surface area (Å²) in [5.41, 5.74) is 6.39. The second-order valence-corrected chi connectivity index (χ2v) is 6.95. The third-order valence-electron chi connectivity index (χ3n) is 3.53. The largest absolute Gasteiger partial charge is 0.496 e. The molecule has 2 N–H and O–H groups in total. The van der Waals surface area contributed by atoms with E-state index in [0.717, 1.165) is 4.31 Å². The third-order valence-corrected chi connectivity index (χ3v) is 5.30. The molecule has 2 aromatic carbocycles. The van der Waals surface area contributed by atoms with E-state index < -0.39 is 15.9 Å². The molecule has 122 valence electrons. The van der Waals surface area contributed by atoms with Crippen molar-refractivity contribution in [2.24, 2.45) is 5.73 Å². The first kappa shape index (κ1) is 16.8. The maximum Gasteiger partial charge on any atom is 0.264 e. The second kappa shape index (κ2) is 6.29. The highest BCUT2D eigenvalue weighted by Crippen LogP contribution is 2.28. The number of amides is 1. The first-order valence-corrected chi connectivity index (χ1v) is 8.25. The number of hydrogen-bond donors (Lipinski definition) is 1. The van der Waals surface area contributed by atoms with Crippen molar-refractivity contribution in [2.75, 3.05) is 18.5 Å². The summed E-state index contributed by atoms with van der Waals surface area (Å²) in [6, 6.07) is 10.9. The number of hydrogen-bond acceptors (Lipinski definition) is 4. The molecule has 0 aliphatic rings. The molecule has 0 spiro atoms. The maximum atomic E-state index is 12.8. The summed E-state index contributed by atoms with van der Waals surface area (Å²) >= 11 is 0. The van der Waals surface area contributed by atoms with Crippen LogP contribution in [0.4, 0.5) is 5.69 Å². The topological polar surface area (TPSA) is 89.7 Å². The van der Waals surface area contributed by atoms with E-state index in [0.29, 0.717) is 11.3 Å². The molecular formula is C16H18N2O4S. The summed E-state index contributed by atoms with van der Waals surface area (Å²) in [4.78, 5) is 11.6. The summed E-state index contributed by atoms with van der Waals surface area (Å²) < 4.78 is 31.8. The molecule has 0 saturated carbocycles. The van der Waals surface area contributed by atoms with Gasteiger partial charge in [-0.15, -0.1) is 0 Å². The first-order chi connectivity index (χ1) is 10.8. The lowest BCUT2D eigenvalue weighted by atomic mass is 10.2. The predicted octanol–water partition coefficient (Wildman–Crippen LogP) is 1.93. The minimum absolute atomic E-state index is 0.109. The molecule has 0 bridgehead atoms. The number of nitrogens with zero attached hydrogens (tertiary/aromatic N) is 1. The average molecular weight is 334 g/mol. The van der Waals surface area contributed by atoms with Gasteiger partial charge in [0, 0.05) is 7.05 Å². The van der Waals surface area contributed by atoms with E-state index in [2.05, 4.69) is 0 Å². The molecule has 2 rings (SSSR count). The van der Waals surface area contributed by atoms with Crippen LogP contribution in [0, 0.1) is 6.92 Å². The fraction of sp³-hybridized carbons (Fsp3) is 0.188. The van der Waals surface area contributed by atoms with Crippen molar-refractivity contribution >= 4 is 21.6 Å². The highest BCUT2D eigenvalue weighted by Gasteiger charge is 2.24. The molecule has 1 amide bonds. The van der Waals surface area contributed by atoms with E-state index in [9.17, 15) is 13.2 Å². The molecule has 0 atom stereocenters. The number of rotatable bonds is 5. The molecule has 0 heterocycles. The number of benzene rings is 2. The van der Waals surface area contributed by atoms with Crippen LogP contribution in [0.3, 0.4) is 0 Å². The van der Waals surface area contributed by atoms with Crippen molar-refractivity contribution in [3.05, 3.63) is 53.6 Å². The summed E-state index contributed by atoms with van der Waals surface area (Å²) in [6.45, 7) is 1.76. The standard InChI is InChI=1S/C16H18N2O4S/c1-11-10-12(8-9-15(11)22-3)23(20,21)18(2)14-7-5-4-6-13(14)16(17)19/h4-10H,1-3H3,(H2,17,19). The van der Waals surface area contributed by atoms with Crippen LogP contribution in [0.1, 0.15) is 15.9 Å². The molecule has 0 radical (unpaired) electrons. The van der Waals surface area contributed by atoms with Crippen molar-refractivity contribution in [1.29, 1.82) is 0 Å². The zero-order chi connectivity index (χ0) is 17.2. The number of ether oxygens (including phenoxy) is 1. The number of anilines is 1. The Morgan fingerprint density at radius 2 is 1.83 bits per heavy atom. The van der Waals surface area contributed by atoms with Crippen LogP contribution in [-0.4, -0.2) is 28.5 Å². The highest BCUT2D eigenvalue weighted by atomic mass is 32.2. The van der Waals surface area contributed by atoms with Gasteiger partial charge in [0.1, 0.15) is 5.75 Å². The number of carbonyl (C=O) groups is 1. The van der Waals surface area contributed by atoms with Gasteiger partial charge in [0.25, 0.3) is 15.9 Å². The Hall–Kier alpha value is -2.54. The van der Waals surface area contributed by atoms with Crippen molar-refractivity contribution < 1.29 is 17.9 Å². The molecule has 0 aliphatic carbocycles. The molecule has 0 fully saturated rings. The van der Waals surface area contributed by atoms with Gasteiger partial charge in [0.2, 0.25) is 0 Å². The molecular weight excluding hydrogens is 316 g/mol. The minimum atomic E-state index is -3.83. The molecule has 0 aliphatic heterocycles. The quantitative estimate of drug-likeness (QED) is 0.904. The molecule has 2 aromatic rings. The molecule has 23 heavy (non-hydrogen) atoms. The van der Waals surface area contributed by atoms with Gasteiger partial charge in [-0.3, -0.25) is 9.10 Å². The van der Waals surface area contributed by atoms with Gasteiger partial charge in [-0.1, -0.05) is 12.1 Å². The Labute approximate surface area is 135 Å². The van der Waals surface area contributed by atoms with Crippen molar-refractivity contribution in [3.8, 4) is 5.75 Å². The number of sulfonamides is 1. The molecule has 0 saturated heterocycles. The van der Waals surface area contributed by atoms with E-state index >= 15 is 0 Å². The van der Waals surface area contributed by atoms with Crippen molar-refractivity contribution in [1.82, 2.24) is 0 Å². The monoisotopic (exact) mass is 334 g/mol. The summed E-state index contributed by atoms with van der Waals surface area (Å²) in [5.74, 6) is -0.0855. The van der Waals surface area contributed by atoms with Gasteiger partial charge < -0.3 is 10.5 Å². The van der Waals surface area contributed by atoms with Crippen LogP contribution in [0.5, 0.6) is 5.75 Å².